The quantitative estimate of drug-likeness (QED) is 0.723. The highest BCUT2D eigenvalue weighted by Gasteiger charge is 2.11. The highest BCUT2D eigenvalue weighted by molar-refractivity contribution is 6.43. The second kappa shape index (κ2) is 6.98. The topological polar surface area (TPSA) is 82.7 Å². The van der Waals surface area contributed by atoms with Crippen molar-refractivity contribution in [1.82, 2.24) is 10.2 Å². The van der Waals surface area contributed by atoms with Crippen LogP contribution in [0.1, 0.15) is 22.6 Å². The molecule has 0 spiro atoms. The van der Waals surface area contributed by atoms with Crippen LogP contribution >= 0.6 is 23.2 Å². The van der Waals surface area contributed by atoms with Gasteiger partial charge in [-0.25, -0.2) is 5.10 Å². The van der Waals surface area contributed by atoms with Crippen molar-refractivity contribution < 1.29 is 4.42 Å². The average Bonchev–Trinajstić information content (AvgIpc) is 3.06. The summed E-state index contributed by atoms with van der Waals surface area (Å²) in [6.07, 6.45) is 3.35. The Morgan fingerprint density at radius 2 is 2.04 bits per heavy atom. The number of H-pyrrole nitrogens is 1. The number of hydrogen-bond donors (Lipinski definition) is 1. The van der Waals surface area contributed by atoms with Crippen molar-refractivity contribution in [2.75, 3.05) is 0 Å². The van der Waals surface area contributed by atoms with Crippen molar-refractivity contribution in [3.8, 4) is 17.4 Å². The molecular weight excluding hydrogens is 361 g/mol. The maximum absolute atomic E-state index is 11.5. The second-order valence-corrected chi connectivity index (χ2v) is 5.97. The van der Waals surface area contributed by atoms with Crippen molar-refractivity contribution in [3.05, 3.63) is 73.3 Å². The third-order valence-electron chi connectivity index (χ3n) is 3.63. The minimum Gasteiger partial charge on any atom is -0.457 e. The van der Waals surface area contributed by atoms with E-state index in [9.17, 15) is 4.79 Å². The van der Waals surface area contributed by atoms with Crippen LogP contribution in [-0.4, -0.2) is 10.2 Å². The summed E-state index contributed by atoms with van der Waals surface area (Å²) in [5, 5.41) is 16.1. The van der Waals surface area contributed by atoms with Crippen LogP contribution in [0.5, 0.6) is 0 Å². The molecule has 7 heteroatoms. The predicted molar refractivity (Wildman–Crippen MR) is 97.4 cm³/mol. The zero-order chi connectivity index (χ0) is 18.0. The van der Waals surface area contributed by atoms with E-state index in [-0.39, 0.29) is 5.56 Å². The summed E-state index contributed by atoms with van der Waals surface area (Å²) in [7, 11) is 0. The molecule has 0 aliphatic carbocycles. The zero-order valence-electron chi connectivity index (χ0n) is 13.0. The summed E-state index contributed by atoms with van der Waals surface area (Å²) in [5.41, 5.74) is 1.22. The van der Waals surface area contributed by atoms with Gasteiger partial charge in [-0.05, 0) is 48.9 Å². The SMILES string of the molecule is Cc1c(/C=C/c2ccc(-c3cccc(Cl)c3Cl)o2)n[nH]c(=O)c1C#N. The van der Waals surface area contributed by atoms with E-state index < -0.39 is 5.56 Å². The molecule has 0 saturated heterocycles. The lowest BCUT2D eigenvalue weighted by atomic mass is 10.1. The van der Waals surface area contributed by atoms with Gasteiger partial charge in [-0.3, -0.25) is 4.79 Å². The Balaban J connectivity index is 1.92. The lowest BCUT2D eigenvalue weighted by Gasteiger charge is -2.02. The highest BCUT2D eigenvalue weighted by atomic mass is 35.5. The van der Waals surface area contributed by atoms with Crippen LogP contribution in [0.2, 0.25) is 10.0 Å². The molecule has 3 rings (SSSR count). The molecule has 0 unspecified atom stereocenters. The number of nitrogens with zero attached hydrogens (tertiary/aromatic N) is 2. The number of benzene rings is 1. The van der Waals surface area contributed by atoms with E-state index in [1.54, 1.807) is 43.3 Å². The molecule has 3 aromatic rings. The first-order valence-electron chi connectivity index (χ1n) is 7.23. The van der Waals surface area contributed by atoms with E-state index in [1.807, 2.05) is 12.1 Å². The van der Waals surface area contributed by atoms with E-state index in [0.717, 1.165) is 0 Å². The summed E-state index contributed by atoms with van der Waals surface area (Å²) in [6.45, 7) is 1.67. The van der Waals surface area contributed by atoms with Crippen LogP contribution in [0.3, 0.4) is 0 Å². The first kappa shape index (κ1) is 17.0. The van der Waals surface area contributed by atoms with Gasteiger partial charge >= 0.3 is 0 Å². The fourth-order valence-corrected chi connectivity index (χ4v) is 2.68. The minimum absolute atomic E-state index is 0.0421. The summed E-state index contributed by atoms with van der Waals surface area (Å²) in [6, 6.07) is 10.7. The Morgan fingerprint density at radius 1 is 1.24 bits per heavy atom. The van der Waals surface area contributed by atoms with Crippen molar-refractivity contribution in [2.45, 2.75) is 6.92 Å². The molecule has 0 saturated carbocycles. The Morgan fingerprint density at radius 3 is 2.80 bits per heavy atom. The smallest absolute Gasteiger partial charge is 0.282 e. The van der Waals surface area contributed by atoms with Gasteiger partial charge < -0.3 is 4.42 Å². The summed E-state index contributed by atoms with van der Waals surface area (Å²) >= 11 is 12.2. The number of nitrogens with one attached hydrogen (secondary N) is 1. The normalized spacial score (nSPS) is 11.0. The molecule has 0 aliphatic rings. The van der Waals surface area contributed by atoms with Crippen LogP contribution in [-0.2, 0) is 0 Å². The van der Waals surface area contributed by atoms with Crippen molar-refractivity contribution in [2.24, 2.45) is 0 Å². The van der Waals surface area contributed by atoms with E-state index >= 15 is 0 Å². The number of rotatable bonds is 3. The van der Waals surface area contributed by atoms with Gasteiger partial charge in [-0.2, -0.15) is 10.4 Å². The number of furan rings is 1. The molecule has 0 aliphatic heterocycles. The molecule has 0 radical (unpaired) electrons. The number of halogens is 2. The van der Waals surface area contributed by atoms with Gasteiger partial charge in [0, 0.05) is 5.56 Å². The Labute approximate surface area is 153 Å². The van der Waals surface area contributed by atoms with E-state index in [4.69, 9.17) is 32.9 Å². The number of nitriles is 1. The van der Waals surface area contributed by atoms with Gasteiger partial charge in [0.25, 0.3) is 5.56 Å². The maximum Gasteiger partial charge on any atom is 0.282 e. The Bertz CT molecular complexity index is 1070. The fourth-order valence-electron chi connectivity index (χ4n) is 2.29. The molecule has 25 heavy (non-hydrogen) atoms. The van der Waals surface area contributed by atoms with Gasteiger partial charge in [0.2, 0.25) is 0 Å². The van der Waals surface area contributed by atoms with E-state index in [2.05, 4.69) is 10.2 Å². The van der Waals surface area contributed by atoms with Gasteiger partial charge in [-0.1, -0.05) is 29.3 Å². The van der Waals surface area contributed by atoms with Crippen LogP contribution in [0.25, 0.3) is 23.5 Å². The maximum atomic E-state index is 11.5. The summed E-state index contributed by atoms with van der Waals surface area (Å²) < 4.78 is 5.75. The fraction of sp³-hybridized carbons (Fsp3) is 0.0556. The number of aromatic amines is 1. The predicted octanol–water partition coefficient (Wildman–Crippen LogP) is 4.69. The first-order valence-corrected chi connectivity index (χ1v) is 7.98. The van der Waals surface area contributed by atoms with E-state index in [0.29, 0.717) is 38.4 Å². The third-order valence-corrected chi connectivity index (χ3v) is 4.44. The van der Waals surface area contributed by atoms with Crippen LogP contribution in [0.15, 0.2) is 39.5 Å². The third kappa shape index (κ3) is 3.36. The molecule has 0 atom stereocenters. The van der Waals surface area contributed by atoms with Gasteiger partial charge in [0.15, 0.2) is 0 Å². The molecule has 0 amide bonds. The van der Waals surface area contributed by atoms with Crippen LogP contribution in [0.4, 0.5) is 0 Å². The van der Waals surface area contributed by atoms with Gasteiger partial charge in [-0.15, -0.1) is 0 Å². The number of hydrogen-bond acceptors (Lipinski definition) is 4. The molecule has 2 aromatic heterocycles. The molecule has 0 bridgehead atoms. The first-order chi connectivity index (χ1) is 12.0. The zero-order valence-corrected chi connectivity index (χ0v) is 14.5. The molecule has 0 fully saturated rings. The van der Waals surface area contributed by atoms with Crippen LogP contribution in [0, 0.1) is 18.3 Å². The summed E-state index contributed by atoms with van der Waals surface area (Å²) in [5.74, 6) is 1.15. The standard InChI is InChI=1S/C18H11Cl2N3O2/c1-10-13(9-21)18(24)23-22-15(10)7-5-11-6-8-16(25-11)12-3-2-4-14(19)17(12)20/h2-8H,1H3,(H,23,24)/b7-5+. The van der Waals surface area contributed by atoms with Crippen molar-refractivity contribution in [3.63, 3.8) is 0 Å². The van der Waals surface area contributed by atoms with Crippen LogP contribution < -0.4 is 5.56 Å². The molecule has 2 heterocycles. The van der Waals surface area contributed by atoms with Gasteiger partial charge in [0.05, 0.1) is 15.7 Å². The highest BCUT2D eigenvalue weighted by Crippen LogP contribution is 2.34. The van der Waals surface area contributed by atoms with Crippen molar-refractivity contribution in [1.29, 1.82) is 5.26 Å². The molecular formula is C18H11Cl2N3O2. The van der Waals surface area contributed by atoms with E-state index in [1.165, 1.54) is 0 Å². The monoisotopic (exact) mass is 371 g/mol. The van der Waals surface area contributed by atoms with Crippen molar-refractivity contribution >= 4 is 35.4 Å². The summed E-state index contributed by atoms with van der Waals surface area (Å²) in [4.78, 5) is 11.5. The second-order valence-electron chi connectivity index (χ2n) is 5.19. The minimum atomic E-state index is -0.506. The lowest BCUT2D eigenvalue weighted by Crippen LogP contribution is -2.15. The Kier molecular flexibility index (Phi) is 4.75. The Hall–Kier alpha value is -2.81. The largest absolute Gasteiger partial charge is 0.457 e. The molecule has 1 N–H and O–H groups in total. The average molecular weight is 372 g/mol. The molecule has 124 valence electrons. The molecule has 5 nitrogen and oxygen atoms in total. The molecule has 1 aromatic carbocycles. The lowest BCUT2D eigenvalue weighted by molar-refractivity contribution is 0.572. The number of aromatic nitrogens is 2. The van der Waals surface area contributed by atoms with Gasteiger partial charge in [0.1, 0.15) is 23.2 Å².